The highest BCUT2D eigenvalue weighted by molar-refractivity contribution is 5.94. The van der Waals surface area contributed by atoms with Gasteiger partial charge in [-0.3, -0.25) is 9.89 Å². The number of carbonyl (C=O) groups is 1. The molecule has 0 saturated carbocycles. The van der Waals surface area contributed by atoms with E-state index < -0.39 is 0 Å². The zero-order chi connectivity index (χ0) is 18.5. The van der Waals surface area contributed by atoms with E-state index in [0.29, 0.717) is 11.5 Å². The quantitative estimate of drug-likeness (QED) is 0.863. The van der Waals surface area contributed by atoms with Gasteiger partial charge < -0.3 is 9.80 Å². The molecule has 1 amide bonds. The number of rotatable bonds is 6. The number of aromatic amines is 1. The lowest BCUT2D eigenvalue weighted by Gasteiger charge is -2.32. The van der Waals surface area contributed by atoms with Gasteiger partial charge >= 0.3 is 0 Å². The molecule has 6 nitrogen and oxygen atoms in total. The number of aryl methyl sites for hydroxylation is 1. The summed E-state index contributed by atoms with van der Waals surface area (Å²) in [7, 11) is 0. The van der Waals surface area contributed by atoms with Crippen molar-refractivity contribution in [2.24, 2.45) is 0 Å². The number of nitrogens with zero attached hydrogens (tertiary/aromatic N) is 4. The number of carbonyl (C=O) groups excluding carboxylic acids is 1. The van der Waals surface area contributed by atoms with E-state index in [-0.39, 0.29) is 5.91 Å². The smallest absolute Gasteiger partial charge is 0.255 e. The number of aromatic nitrogens is 3. The van der Waals surface area contributed by atoms with E-state index in [9.17, 15) is 4.79 Å². The van der Waals surface area contributed by atoms with E-state index >= 15 is 0 Å². The van der Waals surface area contributed by atoms with Crippen LogP contribution in [-0.2, 0) is 0 Å². The molecule has 0 unspecified atom stereocenters. The van der Waals surface area contributed by atoms with Crippen LogP contribution in [0.25, 0.3) is 0 Å². The third-order valence-electron chi connectivity index (χ3n) is 5.28. The molecule has 0 radical (unpaired) electrons. The molecule has 1 aliphatic rings. The SMILES string of the molecule is CCCN(CC)c1ccc(C(=O)N2CCC(c3cn[nH]c3C)CC2)cn1. The number of likely N-dealkylation sites (tertiary alicyclic amines) is 1. The molecule has 26 heavy (non-hydrogen) atoms. The highest BCUT2D eigenvalue weighted by Gasteiger charge is 2.26. The van der Waals surface area contributed by atoms with E-state index in [1.165, 1.54) is 5.56 Å². The summed E-state index contributed by atoms with van der Waals surface area (Å²) in [6, 6.07) is 3.88. The molecule has 140 valence electrons. The summed E-state index contributed by atoms with van der Waals surface area (Å²) in [6.07, 6.45) is 6.70. The second-order valence-corrected chi connectivity index (χ2v) is 7.00. The molecule has 3 rings (SSSR count). The summed E-state index contributed by atoms with van der Waals surface area (Å²) in [5.74, 6) is 1.52. The molecule has 2 aromatic heterocycles. The summed E-state index contributed by atoms with van der Waals surface area (Å²) in [4.78, 5) is 21.5. The molecule has 0 atom stereocenters. The number of amides is 1. The zero-order valence-corrected chi connectivity index (χ0v) is 16.0. The first-order chi connectivity index (χ1) is 12.6. The van der Waals surface area contributed by atoms with Gasteiger partial charge in [0.15, 0.2) is 0 Å². The predicted molar refractivity (Wildman–Crippen MR) is 104 cm³/mol. The topological polar surface area (TPSA) is 65.1 Å². The van der Waals surface area contributed by atoms with Crippen LogP contribution in [0.1, 0.15) is 60.6 Å². The fraction of sp³-hybridized carbons (Fsp3) is 0.550. The zero-order valence-electron chi connectivity index (χ0n) is 16.0. The first-order valence-corrected chi connectivity index (χ1v) is 9.64. The Labute approximate surface area is 155 Å². The van der Waals surface area contributed by atoms with Crippen molar-refractivity contribution >= 4 is 11.7 Å². The van der Waals surface area contributed by atoms with Crippen molar-refractivity contribution in [2.75, 3.05) is 31.1 Å². The lowest BCUT2D eigenvalue weighted by atomic mass is 9.89. The average molecular weight is 355 g/mol. The van der Waals surface area contributed by atoms with Crippen molar-refractivity contribution in [1.82, 2.24) is 20.1 Å². The van der Waals surface area contributed by atoms with E-state index in [1.807, 2.05) is 23.2 Å². The van der Waals surface area contributed by atoms with Crippen LogP contribution in [0.2, 0.25) is 0 Å². The van der Waals surface area contributed by atoms with Crippen LogP contribution in [0.4, 0.5) is 5.82 Å². The van der Waals surface area contributed by atoms with Crippen molar-refractivity contribution in [3.05, 3.63) is 41.3 Å². The van der Waals surface area contributed by atoms with Crippen LogP contribution < -0.4 is 4.90 Å². The van der Waals surface area contributed by atoms with Crippen LogP contribution in [-0.4, -0.2) is 52.2 Å². The van der Waals surface area contributed by atoms with E-state index in [1.54, 1.807) is 6.20 Å². The lowest BCUT2D eigenvalue weighted by Crippen LogP contribution is -2.38. The summed E-state index contributed by atoms with van der Waals surface area (Å²) < 4.78 is 0. The second kappa shape index (κ2) is 8.34. The summed E-state index contributed by atoms with van der Waals surface area (Å²) in [5, 5.41) is 7.13. The number of pyridine rings is 1. The van der Waals surface area contributed by atoms with Crippen LogP contribution in [0.3, 0.4) is 0 Å². The molecule has 0 spiro atoms. The number of nitrogens with one attached hydrogen (secondary N) is 1. The maximum Gasteiger partial charge on any atom is 0.255 e. The fourth-order valence-electron chi connectivity index (χ4n) is 3.75. The van der Waals surface area contributed by atoms with Crippen molar-refractivity contribution in [2.45, 2.75) is 46.0 Å². The molecule has 0 bridgehead atoms. The molecule has 1 saturated heterocycles. The summed E-state index contributed by atoms with van der Waals surface area (Å²) in [5.41, 5.74) is 3.11. The predicted octanol–water partition coefficient (Wildman–Crippen LogP) is 3.37. The van der Waals surface area contributed by atoms with Crippen LogP contribution in [0, 0.1) is 6.92 Å². The number of piperidine rings is 1. The lowest BCUT2D eigenvalue weighted by molar-refractivity contribution is 0.0712. The number of anilines is 1. The number of hydrogen-bond donors (Lipinski definition) is 1. The normalized spacial score (nSPS) is 15.3. The van der Waals surface area contributed by atoms with E-state index in [4.69, 9.17) is 0 Å². The van der Waals surface area contributed by atoms with Gasteiger partial charge in [-0.25, -0.2) is 4.98 Å². The van der Waals surface area contributed by atoms with E-state index in [0.717, 1.165) is 57.0 Å². The third kappa shape index (κ3) is 3.89. The highest BCUT2D eigenvalue weighted by Crippen LogP contribution is 2.29. The number of H-pyrrole nitrogens is 1. The maximum atomic E-state index is 12.8. The minimum absolute atomic E-state index is 0.0879. The molecule has 1 aliphatic heterocycles. The monoisotopic (exact) mass is 355 g/mol. The second-order valence-electron chi connectivity index (χ2n) is 7.00. The Bertz CT molecular complexity index is 716. The molecule has 1 fully saturated rings. The minimum Gasteiger partial charge on any atom is -0.357 e. The van der Waals surface area contributed by atoms with Gasteiger partial charge in [0.05, 0.1) is 11.8 Å². The van der Waals surface area contributed by atoms with Gasteiger partial charge in [0.25, 0.3) is 5.91 Å². The van der Waals surface area contributed by atoms with Crippen molar-refractivity contribution < 1.29 is 4.79 Å². The molecule has 6 heteroatoms. The Morgan fingerprint density at radius 3 is 2.58 bits per heavy atom. The third-order valence-corrected chi connectivity index (χ3v) is 5.28. The molecule has 2 aromatic rings. The Kier molecular flexibility index (Phi) is 5.91. The molecule has 0 aliphatic carbocycles. The highest BCUT2D eigenvalue weighted by atomic mass is 16.2. The summed E-state index contributed by atoms with van der Waals surface area (Å²) in [6.45, 7) is 9.83. The number of hydrogen-bond acceptors (Lipinski definition) is 4. The first kappa shape index (κ1) is 18.4. The standard InChI is InChI=1S/C20H29N5O/c1-4-10-24(5-2)19-7-6-17(13-21-19)20(26)25-11-8-16(9-12-25)18-14-22-23-15(18)3/h6-7,13-14,16H,4-5,8-12H2,1-3H3,(H,22,23). The minimum atomic E-state index is 0.0879. The summed E-state index contributed by atoms with van der Waals surface area (Å²) >= 11 is 0. The van der Waals surface area contributed by atoms with Crippen molar-refractivity contribution in [3.63, 3.8) is 0 Å². The van der Waals surface area contributed by atoms with Gasteiger partial charge in [0.2, 0.25) is 0 Å². The molecule has 1 N–H and O–H groups in total. The molecule has 0 aromatic carbocycles. The average Bonchev–Trinajstić information content (AvgIpc) is 3.12. The van der Waals surface area contributed by atoms with E-state index in [2.05, 4.69) is 40.9 Å². The van der Waals surface area contributed by atoms with Gasteiger partial charge in [0.1, 0.15) is 5.82 Å². The maximum absolute atomic E-state index is 12.8. The molecular weight excluding hydrogens is 326 g/mol. The van der Waals surface area contributed by atoms with Crippen LogP contribution in [0.5, 0.6) is 0 Å². The van der Waals surface area contributed by atoms with Crippen LogP contribution >= 0.6 is 0 Å². The Hall–Kier alpha value is -2.37. The fourth-order valence-corrected chi connectivity index (χ4v) is 3.75. The van der Waals surface area contributed by atoms with Gasteiger partial charge in [-0.2, -0.15) is 5.10 Å². The van der Waals surface area contributed by atoms with Gasteiger partial charge in [-0.1, -0.05) is 6.92 Å². The van der Waals surface area contributed by atoms with Crippen molar-refractivity contribution in [3.8, 4) is 0 Å². The van der Waals surface area contributed by atoms with Gasteiger partial charge in [-0.05, 0) is 56.7 Å². The van der Waals surface area contributed by atoms with Crippen LogP contribution in [0.15, 0.2) is 24.5 Å². The Balaban J connectivity index is 1.61. The van der Waals surface area contributed by atoms with Gasteiger partial charge in [-0.15, -0.1) is 0 Å². The molecular formula is C20H29N5O. The molecule has 3 heterocycles. The van der Waals surface area contributed by atoms with Gasteiger partial charge in [0, 0.05) is 38.1 Å². The first-order valence-electron chi connectivity index (χ1n) is 9.64. The Morgan fingerprint density at radius 1 is 1.27 bits per heavy atom. The van der Waals surface area contributed by atoms with Crippen molar-refractivity contribution in [1.29, 1.82) is 0 Å². The Morgan fingerprint density at radius 2 is 2.04 bits per heavy atom. The largest absolute Gasteiger partial charge is 0.357 e.